The topological polar surface area (TPSA) is 25.8 Å². The molecule has 0 bridgehead atoms. The number of hydrogen-bond acceptors (Lipinski definition) is 2. The molecule has 1 fully saturated rings. The molecule has 8 aromatic carbocycles. The van der Waals surface area contributed by atoms with Crippen LogP contribution in [0.4, 0.5) is 0 Å². The summed E-state index contributed by atoms with van der Waals surface area (Å²) >= 11 is 0. The minimum absolute atomic E-state index is 0.0900. The first-order chi connectivity index (χ1) is 28.7. The van der Waals surface area contributed by atoms with Gasteiger partial charge in [-0.2, -0.15) is 0 Å². The Hall–Kier alpha value is -6.90. The van der Waals surface area contributed by atoms with Gasteiger partial charge in [-0.05, 0) is 116 Å². The number of benzene rings is 8. The van der Waals surface area contributed by atoms with E-state index in [1.807, 2.05) is 18.2 Å². The number of aromatic nitrogens is 2. The van der Waals surface area contributed by atoms with Crippen molar-refractivity contribution >= 4 is 10.8 Å². The number of hydrogen-bond donors (Lipinski definition) is 0. The third-order valence-electron chi connectivity index (χ3n) is 12.6. The minimum Gasteiger partial charge on any atom is -0.228 e. The van der Waals surface area contributed by atoms with E-state index in [1.165, 1.54) is 87.4 Å². The molecule has 58 heavy (non-hydrogen) atoms. The molecule has 0 radical (unpaired) electrons. The maximum absolute atomic E-state index is 5.19. The molecule has 0 N–H and O–H groups in total. The minimum atomic E-state index is 0.0900. The van der Waals surface area contributed by atoms with Crippen LogP contribution in [-0.2, 0) is 5.41 Å². The van der Waals surface area contributed by atoms with E-state index >= 15 is 0 Å². The monoisotopic (exact) mass is 742 g/mol. The fourth-order valence-corrected chi connectivity index (χ4v) is 9.84. The number of nitrogens with zero attached hydrogens (tertiary/aromatic N) is 2. The first-order valence-corrected chi connectivity index (χ1v) is 20.7. The van der Waals surface area contributed by atoms with Gasteiger partial charge < -0.3 is 0 Å². The lowest BCUT2D eigenvalue weighted by molar-refractivity contribution is 0.353. The zero-order chi connectivity index (χ0) is 38.5. The molecule has 0 aliphatic heterocycles. The van der Waals surface area contributed by atoms with Crippen LogP contribution in [0.25, 0.3) is 89.2 Å². The van der Waals surface area contributed by atoms with Crippen molar-refractivity contribution in [2.45, 2.75) is 37.5 Å². The second kappa shape index (κ2) is 14.2. The van der Waals surface area contributed by atoms with Crippen molar-refractivity contribution < 1.29 is 0 Å². The zero-order valence-electron chi connectivity index (χ0n) is 32.4. The molecule has 276 valence electrons. The van der Waals surface area contributed by atoms with Gasteiger partial charge in [0.25, 0.3) is 0 Å². The normalized spacial score (nSPS) is 14.0. The Morgan fingerprint density at radius 2 is 0.828 bits per heavy atom. The van der Waals surface area contributed by atoms with Gasteiger partial charge in [0.05, 0.1) is 11.4 Å². The molecule has 0 atom stereocenters. The molecule has 9 aromatic rings. The van der Waals surface area contributed by atoms with E-state index in [-0.39, 0.29) is 5.41 Å². The average Bonchev–Trinajstić information content (AvgIpc) is 3.56. The lowest BCUT2D eigenvalue weighted by atomic mass is 9.67. The van der Waals surface area contributed by atoms with Crippen molar-refractivity contribution in [3.8, 4) is 78.4 Å². The summed E-state index contributed by atoms with van der Waals surface area (Å²) in [7, 11) is 0. The molecule has 1 heterocycles. The molecule has 2 heteroatoms. The standard InChI is InChI=1S/C56H42N2/c1-4-16-38(17-5-1)40-22-13-26-46(33-40)52-37-53(58-55(57-52)39-18-6-2-7-19-39)47-27-14-24-42(34-47)41-23-12-25-45(32-41)48-28-15-29-50-54(48)49-35-43-20-8-9-21-44(43)36-51(49)56(50)30-10-3-11-31-56/h1-2,4-9,12-29,32-37H,3,10-11,30-31H2. The maximum atomic E-state index is 5.19. The van der Waals surface area contributed by atoms with Crippen molar-refractivity contribution in [2.75, 3.05) is 0 Å². The molecule has 0 saturated heterocycles. The van der Waals surface area contributed by atoms with Gasteiger partial charge in [0.1, 0.15) is 0 Å². The van der Waals surface area contributed by atoms with Gasteiger partial charge in [-0.25, -0.2) is 9.97 Å². The predicted molar refractivity (Wildman–Crippen MR) is 241 cm³/mol. The van der Waals surface area contributed by atoms with Crippen molar-refractivity contribution in [3.05, 3.63) is 205 Å². The summed E-state index contributed by atoms with van der Waals surface area (Å²) < 4.78 is 0. The summed E-state index contributed by atoms with van der Waals surface area (Å²) in [6, 6.07) is 70.6. The van der Waals surface area contributed by atoms with Crippen molar-refractivity contribution in [2.24, 2.45) is 0 Å². The van der Waals surface area contributed by atoms with Crippen LogP contribution < -0.4 is 0 Å². The van der Waals surface area contributed by atoms with E-state index in [1.54, 1.807) is 0 Å². The second-order valence-electron chi connectivity index (χ2n) is 16.1. The van der Waals surface area contributed by atoms with Gasteiger partial charge >= 0.3 is 0 Å². The Morgan fingerprint density at radius 3 is 1.48 bits per heavy atom. The lowest BCUT2D eigenvalue weighted by Crippen LogP contribution is -2.28. The predicted octanol–water partition coefficient (Wildman–Crippen LogP) is 14.9. The molecular formula is C56H42N2. The fraction of sp³-hybridized carbons (Fsp3) is 0.107. The third-order valence-corrected chi connectivity index (χ3v) is 12.6. The highest BCUT2D eigenvalue weighted by atomic mass is 14.9. The quantitative estimate of drug-likeness (QED) is 0.170. The largest absolute Gasteiger partial charge is 0.228 e. The first-order valence-electron chi connectivity index (χ1n) is 20.7. The summed E-state index contributed by atoms with van der Waals surface area (Å²) in [5, 5.41) is 2.66. The van der Waals surface area contributed by atoms with Crippen molar-refractivity contribution in [1.29, 1.82) is 0 Å². The summed E-state index contributed by atoms with van der Waals surface area (Å²) in [5.74, 6) is 0.715. The van der Waals surface area contributed by atoms with Gasteiger partial charge in [0.15, 0.2) is 5.82 Å². The van der Waals surface area contributed by atoms with E-state index < -0.39 is 0 Å². The Kier molecular flexibility index (Phi) is 8.43. The van der Waals surface area contributed by atoms with E-state index in [0.29, 0.717) is 5.82 Å². The average molecular weight is 743 g/mol. The van der Waals surface area contributed by atoms with E-state index in [0.717, 1.165) is 39.2 Å². The van der Waals surface area contributed by atoms with Crippen molar-refractivity contribution in [1.82, 2.24) is 9.97 Å². The van der Waals surface area contributed by atoms with Gasteiger partial charge in [-0.15, -0.1) is 0 Å². The molecule has 1 spiro atoms. The molecular weight excluding hydrogens is 701 g/mol. The Labute approximate surface area is 340 Å². The van der Waals surface area contributed by atoms with Crippen LogP contribution in [0.15, 0.2) is 194 Å². The molecule has 0 unspecified atom stereocenters. The van der Waals surface area contributed by atoms with Gasteiger partial charge in [-0.1, -0.05) is 177 Å². The van der Waals surface area contributed by atoms with Crippen molar-refractivity contribution in [3.63, 3.8) is 0 Å². The van der Waals surface area contributed by atoms with E-state index in [2.05, 4.69) is 176 Å². The summed E-state index contributed by atoms with van der Waals surface area (Å²) in [4.78, 5) is 10.3. The molecule has 0 amide bonds. The third kappa shape index (κ3) is 5.96. The highest BCUT2D eigenvalue weighted by molar-refractivity contribution is 5.99. The fourth-order valence-electron chi connectivity index (χ4n) is 9.84. The van der Waals surface area contributed by atoms with Crippen LogP contribution in [-0.4, -0.2) is 9.97 Å². The highest BCUT2D eigenvalue weighted by Crippen LogP contribution is 2.58. The highest BCUT2D eigenvalue weighted by Gasteiger charge is 2.44. The van der Waals surface area contributed by atoms with Crippen LogP contribution in [0, 0.1) is 0 Å². The zero-order valence-corrected chi connectivity index (χ0v) is 32.4. The maximum Gasteiger partial charge on any atom is 0.160 e. The summed E-state index contributed by atoms with van der Waals surface area (Å²) in [6.07, 6.45) is 6.32. The van der Waals surface area contributed by atoms with E-state index in [4.69, 9.17) is 9.97 Å². The lowest BCUT2D eigenvalue weighted by Gasteiger charge is -2.36. The van der Waals surface area contributed by atoms with Gasteiger partial charge in [-0.3, -0.25) is 0 Å². The van der Waals surface area contributed by atoms with Gasteiger partial charge in [0, 0.05) is 22.1 Å². The summed E-state index contributed by atoms with van der Waals surface area (Å²) in [6.45, 7) is 0. The van der Waals surface area contributed by atoms with Crippen LogP contribution in [0.1, 0.15) is 43.2 Å². The SMILES string of the molecule is c1ccc(-c2cccc(-c3cc(-c4cccc(-c5cccc(-c6cccc7c6-c6cc8ccccc8cc6C76CCCCC6)c5)c4)nc(-c4ccccc4)n3)c2)cc1. The molecule has 2 aliphatic rings. The molecule has 1 saturated carbocycles. The molecule has 2 aliphatic carbocycles. The molecule has 11 rings (SSSR count). The summed E-state index contributed by atoms with van der Waals surface area (Å²) in [5.41, 5.74) is 18.2. The Balaban J connectivity index is 1.01. The number of rotatable bonds is 6. The Bertz CT molecular complexity index is 2970. The molecule has 2 nitrogen and oxygen atoms in total. The molecule has 1 aromatic heterocycles. The smallest absolute Gasteiger partial charge is 0.160 e. The van der Waals surface area contributed by atoms with E-state index in [9.17, 15) is 0 Å². The van der Waals surface area contributed by atoms with Crippen LogP contribution in [0.5, 0.6) is 0 Å². The van der Waals surface area contributed by atoms with Crippen LogP contribution in [0.3, 0.4) is 0 Å². The van der Waals surface area contributed by atoms with Crippen LogP contribution >= 0.6 is 0 Å². The first kappa shape index (κ1) is 34.4. The Morgan fingerprint density at radius 1 is 0.328 bits per heavy atom. The van der Waals surface area contributed by atoms with Gasteiger partial charge in [0.2, 0.25) is 0 Å². The van der Waals surface area contributed by atoms with Crippen LogP contribution in [0.2, 0.25) is 0 Å². The number of fused-ring (bicyclic) bond motifs is 6. The second-order valence-corrected chi connectivity index (χ2v) is 16.1.